The molecular formula is C16H17N3O. The van der Waals surface area contributed by atoms with Gasteiger partial charge in [0.1, 0.15) is 11.6 Å². The third-order valence-corrected chi connectivity index (χ3v) is 3.46. The smallest absolute Gasteiger partial charge is 0.122 e. The van der Waals surface area contributed by atoms with Crippen LogP contribution in [0, 0.1) is 0 Å². The van der Waals surface area contributed by atoms with Crippen molar-refractivity contribution in [2.24, 2.45) is 10.8 Å². The SMILES string of the molecule is COc1ccc(N2N=C(N)CC2c2ccccc2)cc1. The quantitative estimate of drug-likeness (QED) is 0.930. The summed E-state index contributed by atoms with van der Waals surface area (Å²) in [4.78, 5) is 0. The van der Waals surface area contributed by atoms with Crippen molar-refractivity contribution in [1.29, 1.82) is 0 Å². The van der Waals surface area contributed by atoms with Crippen LogP contribution < -0.4 is 15.5 Å². The molecule has 0 spiro atoms. The Morgan fingerprint density at radius 2 is 1.80 bits per heavy atom. The molecule has 1 aliphatic heterocycles. The summed E-state index contributed by atoms with van der Waals surface area (Å²) < 4.78 is 5.19. The molecule has 0 amide bonds. The lowest BCUT2D eigenvalue weighted by Crippen LogP contribution is -2.18. The summed E-state index contributed by atoms with van der Waals surface area (Å²) in [6, 6.07) is 18.3. The van der Waals surface area contributed by atoms with E-state index in [0.717, 1.165) is 17.9 Å². The van der Waals surface area contributed by atoms with Crippen LogP contribution >= 0.6 is 0 Å². The van der Waals surface area contributed by atoms with Gasteiger partial charge in [0.05, 0.1) is 18.8 Å². The molecule has 0 saturated heterocycles. The Labute approximate surface area is 118 Å². The monoisotopic (exact) mass is 267 g/mol. The zero-order valence-electron chi connectivity index (χ0n) is 11.4. The van der Waals surface area contributed by atoms with E-state index in [0.29, 0.717) is 5.84 Å². The first-order valence-electron chi connectivity index (χ1n) is 6.59. The predicted molar refractivity (Wildman–Crippen MR) is 80.9 cm³/mol. The molecule has 20 heavy (non-hydrogen) atoms. The fourth-order valence-electron chi connectivity index (χ4n) is 2.44. The number of rotatable bonds is 3. The summed E-state index contributed by atoms with van der Waals surface area (Å²) in [6.45, 7) is 0. The Hall–Kier alpha value is -2.49. The molecule has 0 aromatic heterocycles. The van der Waals surface area contributed by atoms with Gasteiger partial charge in [-0.1, -0.05) is 30.3 Å². The molecule has 4 nitrogen and oxygen atoms in total. The van der Waals surface area contributed by atoms with Gasteiger partial charge in [-0.15, -0.1) is 0 Å². The molecule has 2 aromatic rings. The highest BCUT2D eigenvalue weighted by molar-refractivity contribution is 5.85. The minimum Gasteiger partial charge on any atom is -0.497 e. The normalized spacial score (nSPS) is 17.9. The molecule has 1 aliphatic rings. The number of methoxy groups -OCH3 is 1. The number of benzene rings is 2. The maximum Gasteiger partial charge on any atom is 0.122 e. The first kappa shape index (κ1) is 12.5. The fourth-order valence-corrected chi connectivity index (χ4v) is 2.44. The van der Waals surface area contributed by atoms with E-state index in [-0.39, 0.29) is 6.04 Å². The molecule has 1 heterocycles. The van der Waals surface area contributed by atoms with Crippen LogP contribution in [0.5, 0.6) is 5.75 Å². The zero-order valence-corrected chi connectivity index (χ0v) is 11.4. The number of amidine groups is 1. The van der Waals surface area contributed by atoms with Crippen molar-refractivity contribution >= 4 is 11.5 Å². The van der Waals surface area contributed by atoms with Crippen molar-refractivity contribution in [3.63, 3.8) is 0 Å². The van der Waals surface area contributed by atoms with Crippen molar-refractivity contribution in [1.82, 2.24) is 0 Å². The minimum absolute atomic E-state index is 0.157. The third-order valence-electron chi connectivity index (χ3n) is 3.46. The van der Waals surface area contributed by atoms with E-state index >= 15 is 0 Å². The highest BCUT2D eigenvalue weighted by atomic mass is 16.5. The zero-order chi connectivity index (χ0) is 13.9. The number of ether oxygens (including phenoxy) is 1. The van der Waals surface area contributed by atoms with Crippen LogP contribution in [0.25, 0.3) is 0 Å². The highest BCUT2D eigenvalue weighted by Gasteiger charge is 2.27. The van der Waals surface area contributed by atoms with Crippen LogP contribution in [0.2, 0.25) is 0 Å². The number of nitrogens with two attached hydrogens (primary N) is 1. The van der Waals surface area contributed by atoms with Gasteiger partial charge in [-0.2, -0.15) is 5.10 Å². The van der Waals surface area contributed by atoms with Gasteiger partial charge in [-0.3, -0.25) is 5.01 Å². The van der Waals surface area contributed by atoms with Gasteiger partial charge in [0.2, 0.25) is 0 Å². The molecule has 1 atom stereocenters. The van der Waals surface area contributed by atoms with E-state index in [1.165, 1.54) is 5.56 Å². The Bertz CT molecular complexity index is 607. The minimum atomic E-state index is 0.157. The fraction of sp³-hybridized carbons (Fsp3) is 0.188. The number of hydrazone groups is 1. The summed E-state index contributed by atoms with van der Waals surface area (Å²) in [7, 11) is 1.66. The Morgan fingerprint density at radius 1 is 1.10 bits per heavy atom. The molecule has 2 N–H and O–H groups in total. The molecule has 0 radical (unpaired) electrons. The Kier molecular flexibility index (Phi) is 3.29. The van der Waals surface area contributed by atoms with Gasteiger partial charge in [0, 0.05) is 6.42 Å². The van der Waals surface area contributed by atoms with Gasteiger partial charge < -0.3 is 10.5 Å². The van der Waals surface area contributed by atoms with Crippen LogP contribution in [0.3, 0.4) is 0 Å². The molecule has 0 aliphatic carbocycles. The summed E-state index contributed by atoms with van der Waals surface area (Å²) in [6.07, 6.45) is 0.746. The summed E-state index contributed by atoms with van der Waals surface area (Å²) in [5.74, 6) is 1.50. The molecular weight excluding hydrogens is 250 g/mol. The highest BCUT2D eigenvalue weighted by Crippen LogP contribution is 2.34. The first-order valence-corrected chi connectivity index (χ1v) is 6.59. The number of nitrogens with zero attached hydrogens (tertiary/aromatic N) is 2. The van der Waals surface area contributed by atoms with E-state index in [1.54, 1.807) is 7.11 Å². The second kappa shape index (κ2) is 5.25. The van der Waals surface area contributed by atoms with Crippen LogP contribution in [0.4, 0.5) is 5.69 Å². The Balaban J connectivity index is 1.92. The van der Waals surface area contributed by atoms with Gasteiger partial charge in [0.25, 0.3) is 0 Å². The number of hydrogen-bond acceptors (Lipinski definition) is 4. The van der Waals surface area contributed by atoms with Crippen molar-refractivity contribution < 1.29 is 4.74 Å². The standard InChI is InChI=1S/C16H17N3O/c1-20-14-9-7-13(8-10-14)19-15(11-16(17)18-19)12-5-3-2-4-6-12/h2-10,15H,11H2,1H3,(H2,17,18). The lowest BCUT2D eigenvalue weighted by molar-refractivity contribution is 0.415. The van der Waals surface area contributed by atoms with Crippen LogP contribution in [-0.2, 0) is 0 Å². The topological polar surface area (TPSA) is 50.8 Å². The molecule has 0 bridgehead atoms. The van der Waals surface area contributed by atoms with E-state index in [2.05, 4.69) is 17.2 Å². The molecule has 0 saturated carbocycles. The van der Waals surface area contributed by atoms with Crippen LogP contribution in [-0.4, -0.2) is 12.9 Å². The lowest BCUT2D eigenvalue weighted by atomic mass is 10.0. The predicted octanol–water partition coefficient (Wildman–Crippen LogP) is 2.92. The molecule has 1 unspecified atom stereocenters. The van der Waals surface area contributed by atoms with Crippen molar-refractivity contribution in [3.05, 3.63) is 60.2 Å². The second-order valence-electron chi connectivity index (χ2n) is 4.76. The largest absolute Gasteiger partial charge is 0.497 e. The molecule has 4 heteroatoms. The van der Waals surface area contributed by atoms with Gasteiger partial charge in [-0.05, 0) is 29.8 Å². The van der Waals surface area contributed by atoms with E-state index in [1.807, 2.05) is 47.5 Å². The van der Waals surface area contributed by atoms with Crippen LogP contribution in [0.15, 0.2) is 59.7 Å². The van der Waals surface area contributed by atoms with Crippen molar-refractivity contribution in [3.8, 4) is 5.75 Å². The summed E-state index contributed by atoms with van der Waals surface area (Å²) >= 11 is 0. The summed E-state index contributed by atoms with van der Waals surface area (Å²) in [5.41, 5.74) is 8.16. The van der Waals surface area contributed by atoms with Crippen molar-refractivity contribution in [2.45, 2.75) is 12.5 Å². The average molecular weight is 267 g/mol. The van der Waals surface area contributed by atoms with E-state index in [4.69, 9.17) is 10.5 Å². The van der Waals surface area contributed by atoms with Crippen LogP contribution in [0.1, 0.15) is 18.0 Å². The van der Waals surface area contributed by atoms with Gasteiger partial charge in [-0.25, -0.2) is 0 Å². The molecule has 3 rings (SSSR count). The van der Waals surface area contributed by atoms with E-state index < -0.39 is 0 Å². The van der Waals surface area contributed by atoms with E-state index in [9.17, 15) is 0 Å². The Morgan fingerprint density at radius 3 is 2.45 bits per heavy atom. The number of anilines is 1. The molecule has 102 valence electrons. The van der Waals surface area contributed by atoms with Gasteiger partial charge in [0.15, 0.2) is 0 Å². The number of hydrogen-bond donors (Lipinski definition) is 1. The second-order valence-corrected chi connectivity index (χ2v) is 4.76. The average Bonchev–Trinajstić information content (AvgIpc) is 2.90. The third kappa shape index (κ3) is 2.32. The lowest BCUT2D eigenvalue weighted by Gasteiger charge is -2.23. The molecule has 0 fully saturated rings. The molecule has 2 aromatic carbocycles. The van der Waals surface area contributed by atoms with Crippen molar-refractivity contribution in [2.75, 3.05) is 12.1 Å². The maximum absolute atomic E-state index is 5.93. The summed E-state index contributed by atoms with van der Waals surface area (Å²) in [5, 5.41) is 6.44. The van der Waals surface area contributed by atoms with Gasteiger partial charge >= 0.3 is 0 Å². The maximum atomic E-state index is 5.93. The first-order chi connectivity index (χ1) is 9.78.